The molecule has 2 unspecified atom stereocenters. The van der Waals surface area contributed by atoms with Crippen molar-refractivity contribution in [1.29, 1.82) is 0 Å². The Labute approximate surface area is 162 Å². The van der Waals surface area contributed by atoms with Crippen LogP contribution in [0.3, 0.4) is 0 Å². The molecule has 0 aliphatic carbocycles. The normalized spacial score (nSPS) is 25.9. The number of thioether (sulfide) groups is 1. The zero-order chi connectivity index (χ0) is 18.8. The maximum absolute atomic E-state index is 12.9. The molecule has 1 aromatic carbocycles. The third-order valence-corrected chi connectivity index (χ3v) is 6.45. The molecular weight excluding hydrogens is 364 g/mol. The van der Waals surface area contributed by atoms with E-state index in [1.165, 1.54) is 0 Å². The lowest BCUT2D eigenvalue weighted by Crippen LogP contribution is -2.52. The quantitative estimate of drug-likeness (QED) is 0.641. The van der Waals surface area contributed by atoms with Gasteiger partial charge in [0.1, 0.15) is 6.04 Å². The van der Waals surface area contributed by atoms with Crippen molar-refractivity contribution in [3.63, 3.8) is 0 Å². The number of nitrogens with one attached hydrogen (secondary N) is 3. The molecule has 3 aliphatic heterocycles. The largest absolute Gasteiger partial charge is 0.322 e. The molecule has 27 heavy (non-hydrogen) atoms. The van der Waals surface area contributed by atoms with Crippen molar-refractivity contribution >= 4 is 29.5 Å². The standard InChI is InChI=1S/C19H24N4O3S/c24-17-4-3-16(18(25)22-17)23-10-13-2-1-12(7-15(13)19(23)26)8-21-14-9-20-5-6-27-11-14/h1-2,7,14,16,20-21H,3-6,8-11H2,(H,22,24,25). The monoisotopic (exact) mass is 388 g/mol. The van der Waals surface area contributed by atoms with Crippen LogP contribution in [-0.4, -0.2) is 59.3 Å². The number of hydrogen-bond acceptors (Lipinski definition) is 6. The van der Waals surface area contributed by atoms with Gasteiger partial charge >= 0.3 is 0 Å². The number of piperidine rings is 1. The van der Waals surface area contributed by atoms with Gasteiger partial charge in [-0.2, -0.15) is 11.8 Å². The molecule has 4 rings (SSSR count). The molecule has 8 heteroatoms. The molecule has 1 aromatic rings. The van der Waals surface area contributed by atoms with Gasteiger partial charge in [0, 0.05) is 55.7 Å². The molecule has 0 bridgehead atoms. The van der Waals surface area contributed by atoms with Crippen LogP contribution < -0.4 is 16.0 Å². The lowest BCUT2D eigenvalue weighted by molar-refractivity contribution is -0.136. The number of hydrogen-bond donors (Lipinski definition) is 3. The van der Waals surface area contributed by atoms with Crippen molar-refractivity contribution in [2.45, 2.75) is 38.0 Å². The van der Waals surface area contributed by atoms with E-state index in [0.29, 0.717) is 31.1 Å². The van der Waals surface area contributed by atoms with Gasteiger partial charge in [0.15, 0.2) is 0 Å². The van der Waals surface area contributed by atoms with Crippen LogP contribution >= 0.6 is 11.8 Å². The van der Waals surface area contributed by atoms with Gasteiger partial charge in [0.2, 0.25) is 11.8 Å². The Morgan fingerprint density at radius 1 is 1.26 bits per heavy atom. The predicted octanol–water partition coefficient (Wildman–Crippen LogP) is 0.242. The molecular formula is C19H24N4O3S. The van der Waals surface area contributed by atoms with Gasteiger partial charge in [0.05, 0.1) is 0 Å². The van der Waals surface area contributed by atoms with Crippen molar-refractivity contribution in [3.05, 3.63) is 34.9 Å². The number of rotatable bonds is 4. The summed E-state index contributed by atoms with van der Waals surface area (Å²) in [6, 6.07) is 5.83. The summed E-state index contributed by atoms with van der Waals surface area (Å²) < 4.78 is 0. The van der Waals surface area contributed by atoms with Gasteiger partial charge in [-0.3, -0.25) is 19.7 Å². The molecule has 0 spiro atoms. The number of carbonyl (C=O) groups is 3. The zero-order valence-corrected chi connectivity index (χ0v) is 15.9. The minimum atomic E-state index is -0.557. The molecule has 3 N–H and O–H groups in total. The van der Waals surface area contributed by atoms with E-state index >= 15 is 0 Å². The Bertz CT molecular complexity index is 761. The zero-order valence-electron chi connectivity index (χ0n) is 15.1. The van der Waals surface area contributed by atoms with Crippen LogP contribution in [0.15, 0.2) is 18.2 Å². The number of nitrogens with zero attached hydrogens (tertiary/aromatic N) is 1. The smallest absolute Gasteiger partial charge is 0.255 e. The fourth-order valence-corrected chi connectivity index (χ4v) is 4.79. The number of imide groups is 1. The minimum Gasteiger partial charge on any atom is -0.322 e. The van der Waals surface area contributed by atoms with E-state index in [4.69, 9.17) is 0 Å². The SMILES string of the molecule is O=C1CCC(N2Cc3ccc(CNC4CNCCSC4)cc3C2=O)C(=O)N1. The van der Waals surface area contributed by atoms with Crippen LogP contribution in [0.25, 0.3) is 0 Å². The summed E-state index contributed by atoms with van der Waals surface area (Å²) >= 11 is 1.95. The van der Waals surface area contributed by atoms with Crippen molar-refractivity contribution in [2.75, 3.05) is 24.6 Å². The number of benzene rings is 1. The number of amides is 3. The van der Waals surface area contributed by atoms with Gasteiger partial charge in [0.25, 0.3) is 5.91 Å². The van der Waals surface area contributed by atoms with Gasteiger partial charge in [-0.25, -0.2) is 0 Å². The van der Waals surface area contributed by atoms with E-state index in [1.807, 2.05) is 30.0 Å². The highest BCUT2D eigenvalue weighted by atomic mass is 32.2. The summed E-state index contributed by atoms with van der Waals surface area (Å²) in [7, 11) is 0. The van der Waals surface area contributed by atoms with Gasteiger partial charge in [-0.15, -0.1) is 0 Å². The van der Waals surface area contributed by atoms with Crippen molar-refractivity contribution in [3.8, 4) is 0 Å². The van der Waals surface area contributed by atoms with Gasteiger partial charge in [-0.1, -0.05) is 12.1 Å². The molecule has 7 nitrogen and oxygen atoms in total. The van der Waals surface area contributed by atoms with Crippen molar-refractivity contribution in [1.82, 2.24) is 20.9 Å². The fourth-order valence-electron chi connectivity index (χ4n) is 3.81. The van der Waals surface area contributed by atoms with E-state index in [2.05, 4.69) is 16.0 Å². The molecule has 3 aliphatic rings. The van der Waals surface area contributed by atoms with Crippen LogP contribution in [0.4, 0.5) is 0 Å². The summed E-state index contributed by atoms with van der Waals surface area (Å²) in [6.45, 7) is 3.15. The average Bonchev–Trinajstić information content (AvgIpc) is 2.84. The third kappa shape index (κ3) is 4.02. The highest BCUT2D eigenvalue weighted by Gasteiger charge is 2.39. The first-order valence-electron chi connectivity index (χ1n) is 9.40. The number of carbonyl (C=O) groups excluding carboxylic acids is 3. The Morgan fingerprint density at radius 3 is 3.00 bits per heavy atom. The van der Waals surface area contributed by atoms with Crippen molar-refractivity contribution in [2.24, 2.45) is 0 Å². The van der Waals surface area contributed by atoms with E-state index in [1.54, 1.807) is 4.90 Å². The molecule has 0 saturated carbocycles. The summed E-state index contributed by atoms with van der Waals surface area (Å²) in [5, 5.41) is 9.32. The lowest BCUT2D eigenvalue weighted by Gasteiger charge is -2.29. The van der Waals surface area contributed by atoms with Gasteiger partial charge < -0.3 is 15.5 Å². The Balaban J connectivity index is 1.42. The van der Waals surface area contributed by atoms with Gasteiger partial charge in [-0.05, 0) is 23.6 Å². The van der Waals surface area contributed by atoms with E-state index < -0.39 is 6.04 Å². The number of fused-ring (bicyclic) bond motifs is 1. The minimum absolute atomic E-state index is 0.118. The summed E-state index contributed by atoms with van der Waals surface area (Å²) in [5.74, 6) is 1.47. The summed E-state index contributed by atoms with van der Waals surface area (Å²) in [4.78, 5) is 37.9. The molecule has 144 valence electrons. The summed E-state index contributed by atoms with van der Waals surface area (Å²) in [6.07, 6.45) is 0.671. The highest BCUT2D eigenvalue weighted by Crippen LogP contribution is 2.28. The second-order valence-electron chi connectivity index (χ2n) is 7.25. The predicted molar refractivity (Wildman–Crippen MR) is 103 cm³/mol. The van der Waals surface area contributed by atoms with E-state index in [-0.39, 0.29) is 24.1 Å². The van der Waals surface area contributed by atoms with Crippen LogP contribution in [0.1, 0.15) is 34.3 Å². The Hall–Kier alpha value is -1.90. The molecule has 3 amide bonds. The molecule has 0 radical (unpaired) electrons. The van der Waals surface area contributed by atoms with Crippen LogP contribution in [0.2, 0.25) is 0 Å². The second kappa shape index (κ2) is 8.00. The molecule has 2 saturated heterocycles. The highest BCUT2D eigenvalue weighted by molar-refractivity contribution is 7.99. The summed E-state index contributed by atoms with van der Waals surface area (Å²) in [5.41, 5.74) is 2.69. The van der Waals surface area contributed by atoms with Crippen molar-refractivity contribution < 1.29 is 14.4 Å². The molecule has 2 atom stereocenters. The first-order valence-corrected chi connectivity index (χ1v) is 10.6. The maximum atomic E-state index is 12.9. The lowest BCUT2D eigenvalue weighted by atomic mass is 10.0. The van der Waals surface area contributed by atoms with Crippen LogP contribution in [0, 0.1) is 0 Å². The molecule has 0 aromatic heterocycles. The first kappa shape index (κ1) is 18.5. The van der Waals surface area contributed by atoms with E-state index in [0.717, 1.165) is 35.7 Å². The third-order valence-electron chi connectivity index (χ3n) is 5.32. The maximum Gasteiger partial charge on any atom is 0.255 e. The molecule has 2 fully saturated rings. The fraction of sp³-hybridized carbons (Fsp3) is 0.526. The van der Waals surface area contributed by atoms with E-state index in [9.17, 15) is 14.4 Å². The second-order valence-corrected chi connectivity index (χ2v) is 8.40. The molecule has 3 heterocycles. The van der Waals surface area contributed by atoms with Crippen LogP contribution in [-0.2, 0) is 22.7 Å². The van der Waals surface area contributed by atoms with Crippen LogP contribution in [0.5, 0.6) is 0 Å². The topological polar surface area (TPSA) is 90.5 Å². The first-order chi connectivity index (χ1) is 13.1. The average molecular weight is 388 g/mol. The Morgan fingerprint density at radius 2 is 2.15 bits per heavy atom. The Kier molecular flexibility index (Phi) is 5.47.